The lowest BCUT2D eigenvalue weighted by molar-refractivity contribution is 0.104. The van der Waals surface area contributed by atoms with E-state index in [1.54, 1.807) is 6.08 Å². The summed E-state index contributed by atoms with van der Waals surface area (Å²) >= 11 is 0. The third-order valence-electron chi connectivity index (χ3n) is 3.05. The number of rotatable bonds is 6. The molecule has 0 aliphatic rings. The Kier molecular flexibility index (Phi) is 5.31. The number of allylic oxidation sites excluding steroid dienone is 1. The summed E-state index contributed by atoms with van der Waals surface area (Å²) in [5.41, 5.74) is 1.14. The van der Waals surface area contributed by atoms with Gasteiger partial charge in [0.1, 0.15) is 5.75 Å². The molecule has 0 aliphatic heterocycles. The molecular formula is C18H17FO3. The molecule has 0 fully saturated rings. The molecule has 0 heterocycles. The second kappa shape index (κ2) is 7.41. The van der Waals surface area contributed by atoms with E-state index in [2.05, 4.69) is 0 Å². The van der Waals surface area contributed by atoms with Crippen molar-refractivity contribution in [3.05, 3.63) is 65.5 Å². The van der Waals surface area contributed by atoms with E-state index < -0.39 is 5.82 Å². The Bertz CT molecular complexity index is 675. The molecule has 2 aromatic rings. The van der Waals surface area contributed by atoms with E-state index in [1.807, 2.05) is 31.2 Å². The van der Waals surface area contributed by atoms with Crippen LogP contribution in [0.4, 0.5) is 4.39 Å². The number of benzene rings is 2. The van der Waals surface area contributed by atoms with Crippen LogP contribution in [0, 0.1) is 5.82 Å². The molecular weight excluding hydrogens is 283 g/mol. The van der Waals surface area contributed by atoms with E-state index >= 15 is 0 Å². The van der Waals surface area contributed by atoms with Crippen LogP contribution < -0.4 is 9.47 Å². The summed E-state index contributed by atoms with van der Waals surface area (Å²) in [5.74, 6) is 0.0773. The lowest BCUT2D eigenvalue weighted by atomic mass is 10.1. The summed E-state index contributed by atoms with van der Waals surface area (Å²) in [6.07, 6.45) is 3.09. The van der Waals surface area contributed by atoms with Crippen LogP contribution in [0.15, 0.2) is 48.5 Å². The van der Waals surface area contributed by atoms with Crippen molar-refractivity contribution >= 4 is 11.9 Å². The van der Waals surface area contributed by atoms with Crippen molar-refractivity contribution in [2.45, 2.75) is 6.92 Å². The first-order chi connectivity index (χ1) is 10.6. The summed E-state index contributed by atoms with van der Waals surface area (Å²) in [5, 5.41) is 0. The minimum atomic E-state index is -0.553. The van der Waals surface area contributed by atoms with Crippen LogP contribution in [0.2, 0.25) is 0 Å². The molecule has 0 spiro atoms. The smallest absolute Gasteiger partial charge is 0.185 e. The van der Waals surface area contributed by atoms with Gasteiger partial charge in [-0.3, -0.25) is 4.79 Å². The van der Waals surface area contributed by atoms with Crippen molar-refractivity contribution in [1.82, 2.24) is 0 Å². The summed E-state index contributed by atoms with van der Waals surface area (Å²) in [6.45, 7) is 2.52. The molecule has 0 amide bonds. The highest BCUT2D eigenvalue weighted by Gasteiger charge is 2.07. The first-order valence-corrected chi connectivity index (χ1v) is 6.93. The predicted octanol–water partition coefficient (Wildman–Crippen LogP) is 4.13. The van der Waals surface area contributed by atoms with E-state index in [4.69, 9.17) is 9.47 Å². The first kappa shape index (κ1) is 15.8. The molecule has 2 aromatic carbocycles. The number of halogens is 1. The van der Waals surface area contributed by atoms with Crippen molar-refractivity contribution in [2.75, 3.05) is 13.7 Å². The van der Waals surface area contributed by atoms with Gasteiger partial charge in [0.25, 0.3) is 0 Å². The standard InChI is InChI=1S/C18H17FO3/c1-3-22-15-8-4-13(5-9-15)6-10-17(20)14-7-11-18(21-2)16(19)12-14/h4-12H,3H2,1-2H3. The summed E-state index contributed by atoms with van der Waals surface area (Å²) in [7, 11) is 1.38. The third-order valence-corrected chi connectivity index (χ3v) is 3.05. The molecule has 0 saturated heterocycles. The number of hydrogen-bond acceptors (Lipinski definition) is 3. The normalized spacial score (nSPS) is 10.7. The lowest BCUT2D eigenvalue weighted by Crippen LogP contribution is -1.97. The Morgan fingerprint density at radius 3 is 2.50 bits per heavy atom. The summed E-state index contributed by atoms with van der Waals surface area (Å²) in [4.78, 5) is 12.0. The maximum Gasteiger partial charge on any atom is 0.185 e. The van der Waals surface area contributed by atoms with Crippen LogP contribution in [0.3, 0.4) is 0 Å². The van der Waals surface area contributed by atoms with Crippen LogP contribution in [0.25, 0.3) is 6.08 Å². The fraction of sp³-hybridized carbons (Fsp3) is 0.167. The van der Waals surface area contributed by atoms with Gasteiger partial charge in [0.05, 0.1) is 13.7 Å². The van der Waals surface area contributed by atoms with Gasteiger partial charge in [-0.25, -0.2) is 4.39 Å². The number of carbonyl (C=O) groups is 1. The molecule has 22 heavy (non-hydrogen) atoms. The molecule has 0 bridgehead atoms. The van der Waals surface area contributed by atoms with Gasteiger partial charge in [-0.15, -0.1) is 0 Å². The van der Waals surface area contributed by atoms with Crippen LogP contribution >= 0.6 is 0 Å². The van der Waals surface area contributed by atoms with E-state index in [0.29, 0.717) is 6.61 Å². The van der Waals surface area contributed by atoms with Gasteiger partial charge in [-0.2, -0.15) is 0 Å². The van der Waals surface area contributed by atoms with Gasteiger partial charge in [-0.1, -0.05) is 18.2 Å². The zero-order valence-electron chi connectivity index (χ0n) is 12.5. The van der Waals surface area contributed by atoms with Crippen LogP contribution in [-0.4, -0.2) is 19.5 Å². The van der Waals surface area contributed by atoms with Crippen molar-refractivity contribution in [2.24, 2.45) is 0 Å². The molecule has 0 unspecified atom stereocenters. The Morgan fingerprint density at radius 2 is 1.91 bits per heavy atom. The second-order valence-corrected chi connectivity index (χ2v) is 4.55. The van der Waals surface area contributed by atoms with Crippen LogP contribution in [0.1, 0.15) is 22.8 Å². The molecule has 0 aromatic heterocycles. The Morgan fingerprint density at radius 1 is 1.18 bits per heavy atom. The molecule has 2 rings (SSSR count). The topological polar surface area (TPSA) is 35.5 Å². The Labute approximate surface area is 129 Å². The first-order valence-electron chi connectivity index (χ1n) is 6.93. The van der Waals surface area contributed by atoms with Gasteiger partial charge in [-0.05, 0) is 48.9 Å². The molecule has 114 valence electrons. The highest BCUT2D eigenvalue weighted by atomic mass is 19.1. The fourth-order valence-corrected chi connectivity index (χ4v) is 1.93. The molecule has 0 N–H and O–H groups in total. The van der Waals surface area contributed by atoms with Gasteiger partial charge in [0, 0.05) is 5.56 Å². The monoisotopic (exact) mass is 300 g/mol. The van der Waals surface area contributed by atoms with Crippen molar-refractivity contribution in [3.63, 3.8) is 0 Å². The van der Waals surface area contributed by atoms with E-state index in [0.717, 1.165) is 11.3 Å². The zero-order chi connectivity index (χ0) is 15.9. The highest BCUT2D eigenvalue weighted by molar-refractivity contribution is 6.06. The van der Waals surface area contributed by atoms with Gasteiger partial charge in [0.2, 0.25) is 0 Å². The van der Waals surface area contributed by atoms with Crippen LogP contribution in [0.5, 0.6) is 11.5 Å². The number of methoxy groups -OCH3 is 1. The van der Waals surface area contributed by atoms with Crippen LogP contribution in [-0.2, 0) is 0 Å². The molecule has 3 nitrogen and oxygen atoms in total. The maximum absolute atomic E-state index is 13.6. The molecule has 0 aliphatic carbocycles. The third kappa shape index (κ3) is 3.95. The largest absolute Gasteiger partial charge is 0.494 e. The predicted molar refractivity (Wildman–Crippen MR) is 83.9 cm³/mol. The minimum absolute atomic E-state index is 0.118. The number of ether oxygens (including phenoxy) is 2. The molecule has 0 saturated carbocycles. The second-order valence-electron chi connectivity index (χ2n) is 4.55. The quantitative estimate of drug-likeness (QED) is 0.594. The van der Waals surface area contributed by atoms with Gasteiger partial charge >= 0.3 is 0 Å². The fourth-order valence-electron chi connectivity index (χ4n) is 1.93. The minimum Gasteiger partial charge on any atom is -0.494 e. The van der Waals surface area contributed by atoms with Crippen molar-refractivity contribution < 1.29 is 18.7 Å². The lowest BCUT2D eigenvalue weighted by Gasteiger charge is -2.03. The van der Waals surface area contributed by atoms with Gasteiger partial charge in [0.15, 0.2) is 17.3 Å². The highest BCUT2D eigenvalue weighted by Crippen LogP contribution is 2.18. The average Bonchev–Trinajstić information content (AvgIpc) is 2.54. The van der Waals surface area contributed by atoms with E-state index in [-0.39, 0.29) is 17.1 Å². The van der Waals surface area contributed by atoms with E-state index in [1.165, 1.54) is 31.4 Å². The SMILES string of the molecule is CCOc1ccc(C=CC(=O)c2ccc(OC)c(F)c2)cc1. The maximum atomic E-state index is 13.6. The summed E-state index contributed by atoms with van der Waals surface area (Å²) in [6, 6.07) is 11.5. The number of carbonyl (C=O) groups excluding carboxylic acids is 1. The van der Waals surface area contributed by atoms with Crippen molar-refractivity contribution in [3.8, 4) is 11.5 Å². The van der Waals surface area contributed by atoms with Crippen molar-refractivity contribution in [1.29, 1.82) is 0 Å². The summed E-state index contributed by atoms with van der Waals surface area (Å²) < 4.78 is 23.7. The average molecular weight is 300 g/mol. The molecule has 0 radical (unpaired) electrons. The molecule has 4 heteroatoms. The van der Waals surface area contributed by atoms with Gasteiger partial charge < -0.3 is 9.47 Å². The Hall–Kier alpha value is -2.62. The van der Waals surface area contributed by atoms with E-state index in [9.17, 15) is 9.18 Å². The Balaban J connectivity index is 2.09. The number of hydrogen-bond donors (Lipinski definition) is 0. The molecule has 0 atom stereocenters. The zero-order valence-corrected chi connectivity index (χ0v) is 12.5. The number of ketones is 1.